The molecule has 4 aromatic rings. The highest BCUT2D eigenvalue weighted by atomic mass is 16.5. The van der Waals surface area contributed by atoms with Crippen LogP contribution >= 0.6 is 0 Å². The number of hydrogen-bond acceptors (Lipinski definition) is 4. The summed E-state index contributed by atoms with van der Waals surface area (Å²) in [6.07, 6.45) is 3.92. The van der Waals surface area contributed by atoms with Crippen LogP contribution in [0.5, 0.6) is 5.75 Å². The molecule has 0 spiro atoms. The van der Waals surface area contributed by atoms with Crippen molar-refractivity contribution in [3.63, 3.8) is 0 Å². The van der Waals surface area contributed by atoms with Gasteiger partial charge in [0.25, 0.3) is 0 Å². The number of fused-ring (bicyclic) bond motifs is 1. The summed E-state index contributed by atoms with van der Waals surface area (Å²) in [5.41, 5.74) is 5.58. The highest BCUT2D eigenvalue weighted by molar-refractivity contribution is 5.92. The second-order valence-electron chi connectivity index (χ2n) is 9.94. The van der Waals surface area contributed by atoms with Crippen LogP contribution in [0, 0.1) is 5.92 Å². The number of anilines is 1. The number of nitrogens with one attached hydrogen (secondary N) is 1. The van der Waals surface area contributed by atoms with Gasteiger partial charge in [-0.2, -0.15) is 0 Å². The molecule has 1 aliphatic rings. The normalized spacial score (nSPS) is 14.6. The van der Waals surface area contributed by atoms with Crippen molar-refractivity contribution in [2.45, 2.75) is 45.7 Å². The molecule has 1 saturated heterocycles. The Kier molecular flexibility index (Phi) is 7.85. The molecule has 2 heterocycles. The van der Waals surface area contributed by atoms with Gasteiger partial charge in [0.2, 0.25) is 5.91 Å². The van der Waals surface area contributed by atoms with Crippen molar-refractivity contribution in [2.75, 3.05) is 25.5 Å². The molecule has 1 aromatic heterocycles. The first kappa shape index (κ1) is 25.0. The van der Waals surface area contributed by atoms with Crippen LogP contribution in [0.25, 0.3) is 11.0 Å². The van der Waals surface area contributed by atoms with Crippen molar-refractivity contribution in [2.24, 2.45) is 5.92 Å². The minimum Gasteiger partial charge on any atom is -0.497 e. The van der Waals surface area contributed by atoms with Gasteiger partial charge in [0, 0.05) is 18.2 Å². The zero-order valence-electron chi connectivity index (χ0n) is 21.8. The van der Waals surface area contributed by atoms with Gasteiger partial charge in [0.15, 0.2) is 0 Å². The first-order chi connectivity index (χ1) is 18.1. The summed E-state index contributed by atoms with van der Waals surface area (Å²) in [5.74, 6) is 2.10. The zero-order chi connectivity index (χ0) is 25.6. The SMILES string of the molecule is CCCc1ccc(NC(=O)C2CCN(Cc3nc4ccccc4n3Cc3ccc(OC)cc3)CC2)cc1. The van der Waals surface area contributed by atoms with E-state index in [-0.39, 0.29) is 11.8 Å². The molecule has 0 bridgehead atoms. The largest absolute Gasteiger partial charge is 0.497 e. The molecule has 0 atom stereocenters. The number of ether oxygens (including phenoxy) is 1. The first-order valence-corrected chi connectivity index (χ1v) is 13.3. The van der Waals surface area contributed by atoms with E-state index in [1.807, 2.05) is 30.3 Å². The quantitative estimate of drug-likeness (QED) is 0.314. The highest BCUT2D eigenvalue weighted by Gasteiger charge is 2.26. The van der Waals surface area contributed by atoms with Crippen LogP contribution in [-0.2, 0) is 24.3 Å². The van der Waals surface area contributed by atoms with Crippen LogP contribution in [0.4, 0.5) is 5.69 Å². The van der Waals surface area contributed by atoms with Crippen molar-refractivity contribution in [3.8, 4) is 5.75 Å². The summed E-state index contributed by atoms with van der Waals surface area (Å²) in [5, 5.41) is 3.12. The molecule has 0 radical (unpaired) electrons. The predicted octanol–water partition coefficient (Wildman–Crippen LogP) is 5.90. The number of para-hydroxylation sites is 2. The Hall–Kier alpha value is -3.64. The average Bonchev–Trinajstić information content (AvgIpc) is 3.27. The molecule has 3 aromatic carbocycles. The van der Waals surface area contributed by atoms with Crippen LogP contribution < -0.4 is 10.1 Å². The second kappa shape index (κ2) is 11.6. The number of benzene rings is 3. The summed E-state index contributed by atoms with van der Waals surface area (Å²) in [7, 11) is 1.69. The summed E-state index contributed by atoms with van der Waals surface area (Å²) in [4.78, 5) is 20.3. The summed E-state index contributed by atoms with van der Waals surface area (Å²) < 4.78 is 7.63. The summed E-state index contributed by atoms with van der Waals surface area (Å²) >= 11 is 0. The molecule has 1 N–H and O–H groups in total. The van der Waals surface area contributed by atoms with Gasteiger partial charge < -0.3 is 14.6 Å². The Morgan fingerprint density at radius 2 is 1.65 bits per heavy atom. The molecule has 6 heteroatoms. The fourth-order valence-corrected chi connectivity index (χ4v) is 5.18. The molecule has 1 fully saturated rings. The van der Waals surface area contributed by atoms with E-state index in [9.17, 15) is 4.79 Å². The van der Waals surface area contributed by atoms with Gasteiger partial charge in [-0.25, -0.2) is 4.98 Å². The number of hydrogen-bond donors (Lipinski definition) is 1. The van der Waals surface area contributed by atoms with E-state index in [4.69, 9.17) is 9.72 Å². The Morgan fingerprint density at radius 3 is 2.35 bits per heavy atom. The van der Waals surface area contributed by atoms with E-state index in [0.29, 0.717) is 0 Å². The van der Waals surface area contributed by atoms with E-state index in [2.05, 4.69) is 64.2 Å². The topological polar surface area (TPSA) is 59.4 Å². The first-order valence-electron chi connectivity index (χ1n) is 13.3. The molecule has 192 valence electrons. The van der Waals surface area contributed by atoms with Gasteiger partial charge in [0.1, 0.15) is 11.6 Å². The summed E-state index contributed by atoms with van der Waals surface area (Å²) in [6.45, 7) is 5.49. The molecule has 0 unspecified atom stereocenters. The van der Waals surface area contributed by atoms with Gasteiger partial charge in [-0.15, -0.1) is 0 Å². The third-order valence-electron chi connectivity index (χ3n) is 7.32. The number of carbonyl (C=O) groups excluding carboxylic acids is 1. The molecule has 1 aliphatic heterocycles. The van der Waals surface area contributed by atoms with Crippen LogP contribution in [0.15, 0.2) is 72.8 Å². The average molecular weight is 497 g/mol. The number of likely N-dealkylation sites (tertiary alicyclic amines) is 1. The lowest BCUT2D eigenvalue weighted by Crippen LogP contribution is -2.38. The van der Waals surface area contributed by atoms with Crippen molar-refractivity contribution in [1.29, 1.82) is 0 Å². The minimum absolute atomic E-state index is 0.0460. The van der Waals surface area contributed by atoms with Crippen LogP contribution in [0.1, 0.15) is 43.1 Å². The molecule has 1 amide bonds. The van der Waals surface area contributed by atoms with E-state index in [1.165, 1.54) is 11.1 Å². The second-order valence-corrected chi connectivity index (χ2v) is 9.94. The molecule has 5 rings (SSSR count). The zero-order valence-corrected chi connectivity index (χ0v) is 21.8. The number of piperidine rings is 1. The molecule has 0 saturated carbocycles. The number of amides is 1. The van der Waals surface area contributed by atoms with E-state index in [1.54, 1.807) is 7.11 Å². The van der Waals surface area contributed by atoms with Gasteiger partial charge in [-0.1, -0.05) is 49.7 Å². The Morgan fingerprint density at radius 1 is 0.946 bits per heavy atom. The standard InChI is InChI=1S/C31H36N4O2/c1-3-6-23-9-13-26(14-10-23)32-31(36)25-17-19-34(20-18-25)22-30-33-28-7-4-5-8-29(28)35(30)21-24-11-15-27(37-2)16-12-24/h4-5,7-16,25H,3,6,17-22H2,1-2H3,(H,32,36). The molecular formula is C31H36N4O2. The number of carbonyl (C=O) groups is 1. The highest BCUT2D eigenvalue weighted by Crippen LogP contribution is 2.24. The maximum Gasteiger partial charge on any atom is 0.227 e. The van der Waals surface area contributed by atoms with Gasteiger partial charge in [0.05, 0.1) is 24.7 Å². The lowest BCUT2D eigenvalue weighted by Gasteiger charge is -2.31. The van der Waals surface area contributed by atoms with Crippen LogP contribution in [0.3, 0.4) is 0 Å². The van der Waals surface area contributed by atoms with Gasteiger partial charge in [-0.3, -0.25) is 9.69 Å². The van der Waals surface area contributed by atoms with E-state index < -0.39 is 0 Å². The van der Waals surface area contributed by atoms with Crippen LogP contribution in [-0.4, -0.2) is 40.6 Å². The molecule has 37 heavy (non-hydrogen) atoms. The van der Waals surface area contributed by atoms with Gasteiger partial charge in [-0.05, 0) is 79.9 Å². The maximum absolute atomic E-state index is 12.9. The third kappa shape index (κ3) is 6.03. The number of rotatable bonds is 9. The van der Waals surface area contributed by atoms with E-state index >= 15 is 0 Å². The van der Waals surface area contributed by atoms with E-state index in [0.717, 1.165) is 80.2 Å². The Labute approximate surface area is 219 Å². The molecule has 0 aliphatic carbocycles. The number of imidazole rings is 1. The lowest BCUT2D eigenvalue weighted by atomic mass is 9.95. The third-order valence-corrected chi connectivity index (χ3v) is 7.32. The predicted molar refractivity (Wildman–Crippen MR) is 149 cm³/mol. The number of aromatic nitrogens is 2. The minimum atomic E-state index is 0.0460. The number of nitrogens with zero attached hydrogens (tertiary/aromatic N) is 3. The Bertz CT molecular complexity index is 1320. The number of aryl methyl sites for hydroxylation is 1. The van der Waals surface area contributed by atoms with Crippen molar-refractivity contribution < 1.29 is 9.53 Å². The maximum atomic E-state index is 12.9. The smallest absolute Gasteiger partial charge is 0.227 e. The van der Waals surface area contributed by atoms with Crippen molar-refractivity contribution in [3.05, 3.63) is 89.7 Å². The Balaban J connectivity index is 1.22. The molecule has 6 nitrogen and oxygen atoms in total. The van der Waals surface area contributed by atoms with Crippen molar-refractivity contribution in [1.82, 2.24) is 14.5 Å². The van der Waals surface area contributed by atoms with Gasteiger partial charge >= 0.3 is 0 Å². The fraction of sp³-hybridized carbons (Fsp3) is 0.355. The lowest BCUT2D eigenvalue weighted by molar-refractivity contribution is -0.121. The monoisotopic (exact) mass is 496 g/mol. The van der Waals surface area contributed by atoms with Crippen LogP contribution in [0.2, 0.25) is 0 Å². The molecular weight excluding hydrogens is 460 g/mol. The number of methoxy groups -OCH3 is 1. The summed E-state index contributed by atoms with van der Waals surface area (Å²) in [6, 6.07) is 24.8. The van der Waals surface area contributed by atoms with Crippen molar-refractivity contribution >= 4 is 22.6 Å². The fourth-order valence-electron chi connectivity index (χ4n) is 5.18.